The van der Waals surface area contributed by atoms with E-state index in [2.05, 4.69) is 20.9 Å². The van der Waals surface area contributed by atoms with Crippen LogP contribution in [0.2, 0.25) is 0 Å². The molecule has 0 radical (unpaired) electrons. The van der Waals surface area contributed by atoms with E-state index >= 15 is 0 Å². The van der Waals surface area contributed by atoms with Crippen molar-refractivity contribution >= 4 is 33.5 Å². The minimum absolute atomic E-state index is 0.0687. The summed E-state index contributed by atoms with van der Waals surface area (Å²) in [6.07, 6.45) is 4.17. The largest absolute Gasteiger partial charge is 0.466 e. The van der Waals surface area contributed by atoms with Gasteiger partial charge in [0.1, 0.15) is 5.69 Å². The maximum absolute atomic E-state index is 13.3. The number of piperidine rings is 1. The number of esters is 1. The molecule has 1 aliphatic rings. The number of carbonyl (C=O) groups excluding carboxylic acids is 2. The third-order valence-electron chi connectivity index (χ3n) is 4.75. The number of aromatic nitrogens is 2. The number of likely N-dealkylation sites (tertiary alicyclic amines) is 1. The second-order valence-electron chi connectivity index (χ2n) is 6.66. The van der Waals surface area contributed by atoms with E-state index in [1.54, 1.807) is 11.8 Å². The van der Waals surface area contributed by atoms with Gasteiger partial charge in [0.25, 0.3) is 5.91 Å². The first-order valence-corrected chi connectivity index (χ1v) is 9.88. The normalized spacial score (nSPS) is 17.5. The molecule has 26 heavy (non-hydrogen) atoms. The zero-order valence-electron chi connectivity index (χ0n) is 15.4. The third kappa shape index (κ3) is 3.49. The smallest absolute Gasteiger partial charge is 0.310 e. The summed E-state index contributed by atoms with van der Waals surface area (Å²) in [4.78, 5) is 31.8. The Morgan fingerprint density at radius 3 is 2.85 bits per heavy atom. The highest BCUT2D eigenvalue weighted by Gasteiger charge is 2.32. The molecule has 1 unspecified atom stereocenters. The molecule has 1 fully saturated rings. The van der Waals surface area contributed by atoms with E-state index in [9.17, 15) is 9.59 Å². The number of imidazole rings is 1. The molecule has 6 nitrogen and oxygen atoms in total. The van der Waals surface area contributed by atoms with Gasteiger partial charge in [0, 0.05) is 19.3 Å². The van der Waals surface area contributed by atoms with E-state index in [1.165, 1.54) is 0 Å². The van der Waals surface area contributed by atoms with Crippen molar-refractivity contribution in [2.75, 3.05) is 19.7 Å². The van der Waals surface area contributed by atoms with Gasteiger partial charge in [0.15, 0.2) is 5.65 Å². The lowest BCUT2D eigenvalue weighted by molar-refractivity contribution is -0.149. The first kappa shape index (κ1) is 18.9. The molecule has 0 saturated carbocycles. The van der Waals surface area contributed by atoms with Crippen LogP contribution in [0.15, 0.2) is 16.7 Å². The number of rotatable bonds is 4. The number of hydrogen-bond donors (Lipinski definition) is 0. The Labute approximate surface area is 161 Å². The van der Waals surface area contributed by atoms with Gasteiger partial charge in [-0.2, -0.15) is 0 Å². The summed E-state index contributed by atoms with van der Waals surface area (Å²) in [5, 5.41) is 0. The molecule has 1 atom stereocenters. The number of pyridine rings is 1. The fourth-order valence-electron chi connectivity index (χ4n) is 3.52. The Bertz CT molecular complexity index is 846. The molecule has 7 heteroatoms. The first-order chi connectivity index (χ1) is 12.5. The van der Waals surface area contributed by atoms with E-state index in [1.807, 2.05) is 30.5 Å². The number of aryl methyl sites for hydroxylation is 2. The van der Waals surface area contributed by atoms with Crippen LogP contribution in [-0.2, 0) is 16.0 Å². The SMILES string of the molecule is CCOC(=O)C1CCCN(C(=O)c2c(CC)nc3c(Br)cc(C)cn23)C1. The van der Waals surface area contributed by atoms with Crippen molar-refractivity contribution in [3.8, 4) is 0 Å². The van der Waals surface area contributed by atoms with Crippen molar-refractivity contribution in [2.24, 2.45) is 5.92 Å². The lowest BCUT2D eigenvalue weighted by Gasteiger charge is -2.31. The molecule has 2 aromatic rings. The zero-order valence-corrected chi connectivity index (χ0v) is 17.0. The number of fused-ring (bicyclic) bond motifs is 1. The van der Waals surface area contributed by atoms with Crippen LogP contribution in [0.25, 0.3) is 5.65 Å². The maximum atomic E-state index is 13.3. The maximum Gasteiger partial charge on any atom is 0.310 e. The van der Waals surface area contributed by atoms with Crippen LogP contribution in [0.1, 0.15) is 48.4 Å². The van der Waals surface area contributed by atoms with Gasteiger partial charge in [-0.3, -0.25) is 14.0 Å². The fraction of sp³-hybridized carbons (Fsp3) is 0.526. The molecule has 0 bridgehead atoms. The summed E-state index contributed by atoms with van der Waals surface area (Å²) in [6.45, 7) is 7.21. The van der Waals surface area contributed by atoms with E-state index in [-0.39, 0.29) is 17.8 Å². The van der Waals surface area contributed by atoms with Crippen LogP contribution in [0, 0.1) is 12.8 Å². The van der Waals surface area contributed by atoms with Gasteiger partial charge in [-0.05, 0) is 60.7 Å². The minimum atomic E-state index is -0.245. The van der Waals surface area contributed by atoms with Crippen LogP contribution in [0.5, 0.6) is 0 Å². The number of carbonyl (C=O) groups is 2. The average Bonchev–Trinajstić information content (AvgIpc) is 3.00. The van der Waals surface area contributed by atoms with E-state index in [0.29, 0.717) is 31.8 Å². The molecule has 1 amide bonds. The Morgan fingerprint density at radius 1 is 1.38 bits per heavy atom. The molecular weight excluding hydrogens is 398 g/mol. The van der Waals surface area contributed by atoms with Gasteiger partial charge in [-0.1, -0.05) is 6.92 Å². The van der Waals surface area contributed by atoms with Gasteiger partial charge in [0.2, 0.25) is 0 Å². The van der Waals surface area contributed by atoms with Gasteiger partial charge in [-0.25, -0.2) is 4.98 Å². The lowest BCUT2D eigenvalue weighted by atomic mass is 9.98. The van der Waals surface area contributed by atoms with Crippen LogP contribution in [0.3, 0.4) is 0 Å². The average molecular weight is 422 g/mol. The third-order valence-corrected chi connectivity index (χ3v) is 5.33. The number of halogens is 1. The standard InChI is InChI=1S/C19H24BrN3O3/c1-4-15-16(23-10-12(3)9-14(20)17(23)21-15)18(24)22-8-6-7-13(11-22)19(25)26-5-2/h9-10,13H,4-8,11H2,1-3H3. The van der Waals surface area contributed by atoms with Gasteiger partial charge < -0.3 is 9.64 Å². The summed E-state index contributed by atoms with van der Waals surface area (Å²) >= 11 is 3.55. The van der Waals surface area contributed by atoms with Crippen molar-refractivity contribution in [3.63, 3.8) is 0 Å². The quantitative estimate of drug-likeness (QED) is 0.709. The molecule has 3 rings (SSSR count). The number of hydrogen-bond acceptors (Lipinski definition) is 4. The molecule has 140 valence electrons. The predicted molar refractivity (Wildman–Crippen MR) is 102 cm³/mol. The van der Waals surface area contributed by atoms with E-state index < -0.39 is 0 Å². The van der Waals surface area contributed by atoms with Crippen LogP contribution < -0.4 is 0 Å². The highest BCUT2D eigenvalue weighted by molar-refractivity contribution is 9.10. The zero-order chi connectivity index (χ0) is 18.8. The van der Waals surface area contributed by atoms with Gasteiger partial charge in [0.05, 0.1) is 22.7 Å². The molecule has 0 aliphatic carbocycles. The predicted octanol–water partition coefficient (Wildman–Crippen LogP) is 3.38. The number of nitrogens with zero attached hydrogens (tertiary/aromatic N) is 3. The van der Waals surface area contributed by atoms with Gasteiger partial charge >= 0.3 is 5.97 Å². The second kappa shape index (κ2) is 7.78. The Hall–Kier alpha value is -1.89. The number of amides is 1. The highest BCUT2D eigenvalue weighted by atomic mass is 79.9. The van der Waals surface area contributed by atoms with Crippen molar-refractivity contribution in [1.82, 2.24) is 14.3 Å². The van der Waals surface area contributed by atoms with Crippen molar-refractivity contribution < 1.29 is 14.3 Å². The summed E-state index contributed by atoms with van der Waals surface area (Å²) in [5.41, 5.74) is 3.16. The van der Waals surface area contributed by atoms with E-state index in [4.69, 9.17) is 4.74 Å². The Balaban J connectivity index is 1.95. The van der Waals surface area contributed by atoms with Crippen molar-refractivity contribution in [3.05, 3.63) is 33.7 Å². The molecule has 0 N–H and O–H groups in total. The van der Waals surface area contributed by atoms with E-state index in [0.717, 1.165) is 34.2 Å². The minimum Gasteiger partial charge on any atom is -0.466 e. The molecule has 2 aromatic heterocycles. The topological polar surface area (TPSA) is 63.9 Å². The summed E-state index contributed by atoms with van der Waals surface area (Å²) in [6, 6.07) is 1.99. The molecule has 1 aliphatic heterocycles. The van der Waals surface area contributed by atoms with Gasteiger partial charge in [-0.15, -0.1) is 0 Å². The monoisotopic (exact) mass is 421 g/mol. The number of ether oxygens (including phenoxy) is 1. The molecular formula is C19H24BrN3O3. The molecule has 0 spiro atoms. The molecule has 1 saturated heterocycles. The summed E-state index contributed by atoms with van der Waals surface area (Å²) < 4.78 is 7.89. The van der Waals surface area contributed by atoms with Crippen molar-refractivity contribution in [2.45, 2.75) is 40.0 Å². The summed E-state index contributed by atoms with van der Waals surface area (Å²) in [7, 11) is 0. The second-order valence-corrected chi connectivity index (χ2v) is 7.52. The molecule has 3 heterocycles. The van der Waals surface area contributed by atoms with Crippen LogP contribution >= 0.6 is 15.9 Å². The summed E-state index contributed by atoms with van der Waals surface area (Å²) in [5.74, 6) is -0.524. The Kier molecular flexibility index (Phi) is 5.65. The van der Waals surface area contributed by atoms with Crippen molar-refractivity contribution in [1.29, 1.82) is 0 Å². The molecule has 0 aromatic carbocycles. The first-order valence-electron chi connectivity index (χ1n) is 9.09. The highest BCUT2D eigenvalue weighted by Crippen LogP contribution is 2.26. The fourth-order valence-corrected chi connectivity index (χ4v) is 4.16. The Morgan fingerprint density at radius 2 is 2.15 bits per heavy atom. The lowest BCUT2D eigenvalue weighted by Crippen LogP contribution is -2.43. The van der Waals surface area contributed by atoms with Crippen LogP contribution in [0.4, 0.5) is 0 Å². The van der Waals surface area contributed by atoms with Crippen LogP contribution in [-0.4, -0.2) is 45.9 Å².